The summed E-state index contributed by atoms with van der Waals surface area (Å²) in [4.78, 5) is 70.5. The maximum atomic E-state index is 14.4. The average molecular weight is 1380 g/mol. The topological polar surface area (TPSA) is 218 Å². The molecule has 6 fully saturated rings. The zero-order valence-electron chi connectivity index (χ0n) is 53.0. The molecule has 6 bridgehead atoms. The van der Waals surface area contributed by atoms with Gasteiger partial charge in [-0.3, -0.25) is 29.3 Å². The quantitative estimate of drug-likeness (QED) is 0.104. The molecule has 15 rings (SSSR count). The highest BCUT2D eigenvalue weighted by Gasteiger charge is 2.52. The van der Waals surface area contributed by atoms with Crippen LogP contribution in [0.1, 0.15) is 140 Å². The van der Waals surface area contributed by atoms with Gasteiger partial charge in [-0.1, -0.05) is 12.1 Å². The molecule has 6 aliphatic rings. The van der Waals surface area contributed by atoms with Crippen LogP contribution >= 0.6 is 0 Å². The van der Waals surface area contributed by atoms with E-state index < -0.39 is 52.7 Å². The number of nitrogens with zero attached hydrogens (tertiary/aromatic N) is 17. The summed E-state index contributed by atoms with van der Waals surface area (Å²) in [5, 5.41) is 24.8. The SMILES string of the molecule is Cc1ccc(-n2nccn2)c(C(=O)N2C3CCC2C(Cc2ncc(C(F)(F)F)cc2F)C3)n1.Cc1ccc(C(=O)N2C3CCC2C(Cc2ncc(C(F)(F)F)cc2F)C3)c(-n2nccn2)n1.Cc1cccc(C(=O)N2C3CCC2C(Cc2ncc(C(F)(F)F)cc2F)C3)c1-n1nccn1. The molecule has 6 aliphatic heterocycles. The Balaban J connectivity index is 0.000000133. The van der Waals surface area contributed by atoms with Crippen molar-refractivity contribution < 1.29 is 67.1 Å². The summed E-state index contributed by atoms with van der Waals surface area (Å²) in [5.41, 5.74) is 1.08. The molecule has 20 nitrogen and oxygen atoms in total. The zero-order chi connectivity index (χ0) is 70.0. The Hall–Kier alpha value is -10.0. The van der Waals surface area contributed by atoms with Crippen molar-refractivity contribution in [3.05, 3.63) is 201 Å². The Morgan fingerprint density at radius 1 is 0.444 bits per heavy atom. The summed E-state index contributed by atoms with van der Waals surface area (Å²) in [5.74, 6) is -3.41. The number of carbonyl (C=O) groups is 3. The molecule has 32 heteroatoms. The number of fused-ring (bicyclic) bond motifs is 6. The molecule has 8 aromatic heterocycles. The summed E-state index contributed by atoms with van der Waals surface area (Å²) in [6.45, 7) is 5.48. The summed E-state index contributed by atoms with van der Waals surface area (Å²) >= 11 is 0. The van der Waals surface area contributed by atoms with Gasteiger partial charge >= 0.3 is 18.5 Å². The van der Waals surface area contributed by atoms with Crippen molar-refractivity contribution in [2.24, 2.45) is 17.8 Å². The number of benzene rings is 1. The summed E-state index contributed by atoms with van der Waals surface area (Å²) in [6.07, 6.45) is 4.39. The summed E-state index contributed by atoms with van der Waals surface area (Å²) < 4.78 is 159. The Morgan fingerprint density at radius 2 is 0.828 bits per heavy atom. The third-order valence-corrected chi connectivity index (χ3v) is 19.6. The van der Waals surface area contributed by atoms with Gasteiger partial charge in [-0.15, -0.1) is 9.59 Å². The fourth-order valence-corrected chi connectivity index (χ4v) is 15.2. The van der Waals surface area contributed by atoms with Crippen LogP contribution in [0.25, 0.3) is 17.2 Å². The first-order chi connectivity index (χ1) is 47.2. The lowest BCUT2D eigenvalue weighted by Crippen LogP contribution is -2.38. The highest BCUT2D eigenvalue weighted by molar-refractivity contribution is 5.99. The molecule has 9 atom stereocenters. The average Bonchev–Trinajstić information content (AvgIpc) is 1.62. The number of aryl methyl sites for hydroxylation is 3. The molecule has 99 heavy (non-hydrogen) atoms. The first kappa shape index (κ1) is 67.5. The van der Waals surface area contributed by atoms with Crippen LogP contribution < -0.4 is 0 Å². The molecule has 9 unspecified atom stereocenters. The van der Waals surface area contributed by atoms with E-state index in [4.69, 9.17) is 0 Å². The third-order valence-electron chi connectivity index (χ3n) is 19.6. The predicted octanol–water partition coefficient (Wildman–Crippen LogP) is 11.9. The van der Waals surface area contributed by atoms with Gasteiger partial charge in [0.05, 0.1) is 82.1 Å². The van der Waals surface area contributed by atoms with Gasteiger partial charge in [0.1, 0.15) is 28.8 Å². The monoisotopic (exact) mass is 1380 g/mol. The molecule has 9 aromatic rings. The van der Waals surface area contributed by atoms with E-state index in [2.05, 4.69) is 55.5 Å². The number of alkyl halides is 9. The normalized spacial score (nSPS) is 22.2. The molecule has 14 heterocycles. The molecule has 3 amide bonds. The molecule has 1 aromatic carbocycles. The van der Waals surface area contributed by atoms with E-state index in [1.165, 1.54) is 39.2 Å². The van der Waals surface area contributed by atoms with E-state index in [1.54, 1.807) is 54.5 Å². The van der Waals surface area contributed by atoms with Gasteiger partial charge in [0.25, 0.3) is 17.7 Å². The van der Waals surface area contributed by atoms with Crippen molar-refractivity contribution in [3.63, 3.8) is 0 Å². The van der Waals surface area contributed by atoms with Crippen molar-refractivity contribution >= 4 is 17.7 Å². The number of aromatic nitrogens is 14. The number of para-hydroxylation sites is 1. The molecule has 0 saturated carbocycles. The summed E-state index contributed by atoms with van der Waals surface area (Å²) in [6, 6.07) is 13.4. The predicted molar refractivity (Wildman–Crippen MR) is 326 cm³/mol. The smallest absolute Gasteiger partial charge is 0.332 e. The second kappa shape index (κ2) is 26.7. The largest absolute Gasteiger partial charge is 0.417 e. The van der Waals surface area contributed by atoms with Gasteiger partial charge in [-0.2, -0.15) is 74.9 Å². The van der Waals surface area contributed by atoms with Gasteiger partial charge in [0, 0.05) is 66.2 Å². The van der Waals surface area contributed by atoms with E-state index in [-0.39, 0.29) is 114 Å². The minimum atomic E-state index is -4.65. The van der Waals surface area contributed by atoms with Crippen LogP contribution in [-0.4, -0.2) is 139 Å². The fourth-order valence-electron chi connectivity index (χ4n) is 15.2. The van der Waals surface area contributed by atoms with Crippen molar-refractivity contribution in [1.29, 1.82) is 0 Å². The summed E-state index contributed by atoms with van der Waals surface area (Å²) in [7, 11) is 0. The van der Waals surface area contributed by atoms with Gasteiger partial charge in [-0.25, -0.2) is 23.1 Å². The second-order valence-corrected chi connectivity index (χ2v) is 25.7. The number of hydrogen-bond donors (Lipinski definition) is 0. The van der Waals surface area contributed by atoms with Crippen LogP contribution in [0.2, 0.25) is 0 Å². The lowest BCUT2D eigenvalue weighted by molar-refractivity contribution is -0.138. The number of hydrogen-bond acceptors (Lipinski definition) is 14. The van der Waals surface area contributed by atoms with Crippen LogP contribution in [0.3, 0.4) is 0 Å². The molecular formula is C67H61F12N17O3. The number of halogens is 12. The highest BCUT2D eigenvalue weighted by Crippen LogP contribution is 2.48. The molecule has 6 saturated heterocycles. The van der Waals surface area contributed by atoms with Gasteiger partial charge < -0.3 is 14.7 Å². The minimum absolute atomic E-state index is 0.00366. The Morgan fingerprint density at radius 3 is 1.25 bits per heavy atom. The van der Waals surface area contributed by atoms with Gasteiger partial charge in [-0.05, 0) is 170 Å². The molecule has 0 N–H and O–H groups in total. The molecule has 0 aliphatic carbocycles. The zero-order valence-corrected chi connectivity index (χ0v) is 53.0. The van der Waals surface area contributed by atoms with E-state index in [1.807, 2.05) is 35.8 Å². The van der Waals surface area contributed by atoms with Crippen molar-refractivity contribution in [2.45, 2.75) is 153 Å². The van der Waals surface area contributed by atoms with Crippen LogP contribution in [0.4, 0.5) is 52.7 Å². The van der Waals surface area contributed by atoms with Crippen molar-refractivity contribution in [3.8, 4) is 17.2 Å². The lowest BCUT2D eigenvalue weighted by atomic mass is 9.85. The molecule has 0 radical (unpaired) electrons. The minimum Gasteiger partial charge on any atom is -0.332 e. The van der Waals surface area contributed by atoms with E-state index in [0.29, 0.717) is 95.8 Å². The van der Waals surface area contributed by atoms with Crippen LogP contribution in [0, 0.1) is 56.0 Å². The van der Waals surface area contributed by atoms with Crippen molar-refractivity contribution in [2.75, 3.05) is 0 Å². The number of amides is 3. The van der Waals surface area contributed by atoms with E-state index >= 15 is 0 Å². The van der Waals surface area contributed by atoms with Crippen LogP contribution in [-0.2, 0) is 37.8 Å². The molecular weight excluding hydrogens is 1320 g/mol. The van der Waals surface area contributed by atoms with E-state index in [9.17, 15) is 67.1 Å². The maximum Gasteiger partial charge on any atom is 0.417 e. The second-order valence-electron chi connectivity index (χ2n) is 25.7. The van der Waals surface area contributed by atoms with Crippen molar-refractivity contribution in [1.82, 2.24) is 84.6 Å². The molecule has 516 valence electrons. The number of carbonyl (C=O) groups excluding carboxylic acids is 3. The fraction of sp³-hybridized carbons (Fsp3) is 0.403. The number of rotatable bonds is 12. The van der Waals surface area contributed by atoms with E-state index in [0.717, 1.165) is 44.1 Å². The Labute approximate surface area is 556 Å². The highest BCUT2D eigenvalue weighted by atomic mass is 19.4. The van der Waals surface area contributed by atoms with Gasteiger partial charge in [0.2, 0.25) is 0 Å². The Kier molecular flexibility index (Phi) is 18.2. The van der Waals surface area contributed by atoms with Gasteiger partial charge in [0.15, 0.2) is 11.5 Å². The lowest BCUT2D eigenvalue weighted by Gasteiger charge is -2.25. The maximum absolute atomic E-state index is 14.4. The first-order valence-electron chi connectivity index (χ1n) is 32.0. The number of pyridine rings is 5. The molecule has 0 spiro atoms. The Bertz CT molecular complexity index is 4370. The van der Waals surface area contributed by atoms with Crippen LogP contribution in [0.5, 0.6) is 0 Å². The van der Waals surface area contributed by atoms with Crippen LogP contribution in [0.15, 0.2) is 116 Å². The first-order valence-corrected chi connectivity index (χ1v) is 32.0. The standard InChI is InChI=1S/C23H21F4N5O.2C22H20F4N6O/c1-13-3-2-4-17(21(13)32-29-7-8-30-32)22(33)31-16-5-6-20(31)14(9-16)10-19-18(24)11-15(12-28-19)23(25,26)27;1-12-2-4-19(32-28-6-7-29-32)20(30-12)21(33)31-15-3-5-18(31)13(8-15)9-17-16(23)10-14(11-27-17)22(24,25)26;1-12-2-4-16(20(30-12)32-28-6-7-29-32)21(33)31-15-3-5-19(31)13(8-15)9-18-17(23)10-14(11-27-18)22(24,25)26/h2-4,7-8,11-12,14,16,20H,5-6,9-10H2,1H3;2,4,6-7,10-11,13,15,18H,3,5,8-9H2,1H3;2,4,6-7,10-11,13,15,19H,3,5,8-9H2,1H3. The third kappa shape index (κ3) is 13.6.